The van der Waals surface area contributed by atoms with Crippen molar-refractivity contribution in [3.05, 3.63) is 18.1 Å². The minimum atomic E-state index is -1.71. The van der Waals surface area contributed by atoms with Gasteiger partial charge in [0.05, 0.1) is 18.9 Å². The van der Waals surface area contributed by atoms with Crippen LogP contribution in [0.15, 0.2) is 12.3 Å². The van der Waals surface area contributed by atoms with Crippen LogP contribution in [-0.2, 0) is 0 Å². The summed E-state index contributed by atoms with van der Waals surface area (Å²) in [6.07, 6.45) is 0.869. The number of pyridine rings is 1. The molecule has 1 aromatic heterocycles. The third kappa shape index (κ3) is 1.72. The second-order valence-corrected chi connectivity index (χ2v) is 2.12. The lowest BCUT2D eigenvalue weighted by Gasteiger charge is -2.03. The zero-order chi connectivity index (χ0) is 9.14. The molecule has 0 bridgehead atoms. The number of nitrogens with zero attached hydrogens (tertiary/aromatic N) is 1. The quantitative estimate of drug-likeness (QED) is 0.555. The van der Waals surface area contributed by atoms with Gasteiger partial charge in [-0.05, 0) is 0 Å². The maximum absolute atomic E-state index is 12.7. The molecule has 0 atom stereocenters. The number of rotatable bonds is 2. The van der Waals surface area contributed by atoms with Crippen LogP contribution in [0.1, 0.15) is 0 Å². The first-order valence-corrected chi connectivity index (χ1v) is 3.20. The first-order chi connectivity index (χ1) is 5.65. The highest BCUT2D eigenvalue weighted by Crippen LogP contribution is 2.11. The molecule has 0 saturated heterocycles. The van der Waals surface area contributed by atoms with Crippen LogP contribution < -0.4 is 10.3 Å². The molecule has 0 amide bonds. The molecular formula is C6H7BFNO3. The zero-order valence-corrected chi connectivity index (χ0v) is 6.36. The highest BCUT2D eigenvalue weighted by Gasteiger charge is 2.15. The summed E-state index contributed by atoms with van der Waals surface area (Å²) in [6.45, 7) is 0. The highest BCUT2D eigenvalue weighted by molar-refractivity contribution is 6.57. The molecule has 0 unspecified atom stereocenters. The average molecular weight is 171 g/mol. The van der Waals surface area contributed by atoms with E-state index in [4.69, 9.17) is 10.0 Å². The molecular weight excluding hydrogens is 164 g/mol. The van der Waals surface area contributed by atoms with E-state index in [1.165, 1.54) is 7.11 Å². The van der Waals surface area contributed by atoms with Crippen LogP contribution in [0.5, 0.6) is 5.75 Å². The first-order valence-electron chi connectivity index (χ1n) is 3.20. The van der Waals surface area contributed by atoms with Crippen molar-refractivity contribution in [2.24, 2.45) is 0 Å². The van der Waals surface area contributed by atoms with Gasteiger partial charge in [-0.3, -0.25) is 4.98 Å². The molecule has 0 aliphatic heterocycles. The van der Waals surface area contributed by atoms with E-state index in [0.717, 1.165) is 12.3 Å². The second kappa shape index (κ2) is 3.51. The molecule has 0 spiro atoms. The van der Waals surface area contributed by atoms with Gasteiger partial charge in [0.25, 0.3) is 0 Å². The van der Waals surface area contributed by atoms with E-state index in [-0.39, 0.29) is 11.3 Å². The Morgan fingerprint density at radius 2 is 2.25 bits per heavy atom. The summed E-state index contributed by atoms with van der Waals surface area (Å²) in [5, 5.41) is 17.3. The van der Waals surface area contributed by atoms with Crippen LogP contribution in [-0.4, -0.2) is 29.3 Å². The van der Waals surface area contributed by atoms with Gasteiger partial charge >= 0.3 is 7.12 Å². The third-order valence-corrected chi connectivity index (χ3v) is 1.33. The average Bonchev–Trinajstić information content (AvgIpc) is 2.05. The number of methoxy groups -OCH3 is 1. The van der Waals surface area contributed by atoms with Crippen LogP contribution in [0.3, 0.4) is 0 Å². The number of halogens is 1. The molecule has 0 fully saturated rings. The minimum absolute atomic E-state index is 0.0479. The van der Waals surface area contributed by atoms with Crippen molar-refractivity contribution >= 4 is 12.7 Å². The van der Waals surface area contributed by atoms with E-state index >= 15 is 0 Å². The Morgan fingerprint density at radius 1 is 1.58 bits per heavy atom. The molecule has 1 rings (SSSR count). The van der Waals surface area contributed by atoms with Crippen molar-refractivity contribution in [2.75, 3.05) is 7.11 Å². The van der Waals surface area contributed by atoms with E-state index in [0.29, 0.717) is 0 Å². The molecule has 1 heterocycles. The summed E-state index contributed by atoms with van der Waals surface area (Å²) in [5.74, 6) is -0.699. The summed E-state index contributed by atoms with van der Waals surface area (Å²) < 4.78 is 17.3. The maximum Gasteiger partial charge on any atom is 0.508 e. The molecule has 12 heavy (non-hydrogen) atoms. The Bertz CT molecular complexity index is 281. The zero-order valence-electron chi connectivity index (χ0n) is 6.36. The van der Waals surface area contributed by atoms with E-state index < -0.39 is 12.9 Å². The third-order valence-electron chi connectivity index (χ3n) is 1.33. The normalized spacial score (nSPS) is 9.67. The lowest BCUT2D eigenvalue weighted by Crippen LogP contribution is -2.32. The predicted octanol–water partition coefficient (Wildman–Crippen LogP) is -1.09. The smallest absolute Gasteiger partial charge is 0.494 e. The fraction of sp³-hybridized carbons (Fsp3) is 0.167. The van der Waals surface area contributed by atoms with Crippen molar-refractivity contribution in [2.45, 2.75) is 0 Å². The summed E-state index contributed by atoms with van der Waals surface area (Å²) >= 11 is 0. The van der Waals surface area contributed by atoms with Gasteiger partial charge in [0.15, 0.2) is 11.6 Å². The molecule has 64 valence electrons. The number of ether oxygens (including phenoxy) is 1. The second-order valence-electron chi connectivity index (χ2n) is 2.12. The Hall–Kier alpha value is -1.14. The highest BCUT2D eigenvalue weighted by atomic mass is 19.1. The van der Waals surface area contributed by atoms with Crippen LogP contribution in [0.25, 0.3) is 0 Å². The summed E-state index contributed by atoms with van der Waals surface area (Å²) in [4.78, 5) is 3.43. The van der Waals surface area contributed by atoms with Crippen LogP contribution in [0, 0.1) is 5.82 Å². The molecule has 0 saturated carbocycles. The topological polar surface area (TPSA) is 62.6 Å². The van der Waals surface area contributed by atoms with Crippen LogP contribution in [0.2, 0.25) is 0 Å². The SMILES string of the molecule is COc1cc(B(O)O)ncc1F. The van der Waals surface area contributed by atoms with E-state index in [9.17, 15) is 4.39 Å². The summed E-state index contributed by atoms with van der Waals surface area (Å²) in [6, 6.07) is 1.12. The van der Waals surface area contributed by atoms with Crippen molar-refractivity contribution in [1.82, 2.24) is 4.98 Å². The number of hydrogen-bond donors (Lipinski definition) is 2. The standard InChI is InChI=1S/C6H7BFNO3/c1-12-5-2-6(7(10)11)9-3-4(5)8/h2-3,10-11H,1H3. The number of aromatic nitrogens is 1. The van der Waals surface area contributed by atoms with Gasteiger partial charge in [0.1, 0.15) is 0 Å². The van der Waals surface area contributed by atoms with Crippen LogP contribution >= 0.6 is 0 Å². The Kier molecular flexibility index (Phi) is 2.62. The van der Waals surface area contributed by atoms with Crippen LogP contribution in [0.4, 0.5) is 4.39 Å². The minimum Gasteiger partial charge on any atom is -0.494 e. The van der Waals surface area contributed by atoms with Gasteiger partial charge in [-0.2, -0.15) is 0 Å². The number of hydrogen-bond acceptors (Lipinski definition) is 4. The largest absolute Gasteiger partial charge is 0.508 e. The molecule has 0 aliphatic rings. The molecule has 0 radical (unpaired) electrons. The van der Waals surface area contributed by atoms with Crippen molar-refractivity contribution in [3.8, 4) is 5.75 Å². The fourth-order valence-corrected chi connectivity index (χ4v) is 0.733. The predicted molar refractivity (Wildman–Crippen MR) is 40.6 cm³/mol. The van der Waals surface area contributed by atoms with Crippen molar-refractivity contribution in [1.29, 1.82) is 0 Å². The molecule has 0 aromatic carbocycles. The van der Waals surface area contributed by atoms with E-state index in [1.54, 1.807) is 0 Å². The molecule has 2 N–H and O–H groups in total. The van der Waals surface area contributed by atoms with Gasteiger partial charge in [-0.25, -0.2) is 4.39 Å². The fourth-order valence-electron chi connectivity index (χ4n) is 0.733. The molecule has 0 aliphatic carbocycles. The maximum atomic E-state index is 12.7. The summed E-state index contributed by atoms with van der Waals surface area (Å²) in [7, 11) is -0.425. The molecule has 1 aromatic rings. The van der Waals surface area contributed by atoms with Gasteiger partial charge in [-0.1, -0.05) is 0 Å². The Labute approximate surface area is 68.8 Å². The monoisotopic (exact) mass is 171 g/mol. The van der Waals surface area contributed by atoms with Crippen molar-refractivity contribution < 1.29 is 19.2 Å². The molecule has 4 nitrogen and oxygen atoms in total. The van der Waals surface area contributed by atoms with E-state index in [1.807, 2.05) is 0 Å². The van der Waals surface area contributed by atoms with E-state index in [2.05, 4.69) is 9.72 Å². The van der Waals surface area contributed by atoms with Crippen molar-refractivity contribution in [3.63, 3.8) is 0 Å². The Balaban J connectivity index is 3.05. The lowest BCUT2D eigenvalue weighted by molar-refractivity contribution is 0.384. The lowest BCUT2D eigenvalue weighted by atomic mass is 9.85. The van der Waals surface area contributed by atoms with Gasteiger partial charge in [0.2, 0.25) is 0 Å². The van der Waals surface area contributed by atoms with Gasteiger partial charge in [-0.15, -0.1) is 0 Å². The van der Waals surface area contributed by atoms with Gasteiger partial charge < -0.3 is 14.8 Å². The van der Waals surface area contributed by atoms with Gasteiger partial charge in [0, 0.05) is 6.07 Å². The Morgan fingerprint density at radius 3 is 2.75 bits per heavy atom. The molecule has 6 heteroatoms. The summed E-state index contributed by atoms with van der Waals surface area (Å²) in [5.41, 5.74) is -0.0479. The first kappa shape index (κ1) is 8.96.